The highest BCUT2D eigenvalue weighted by atomic mass is 32.2. The van der Waals surface area contributed by atoms with Gasteiger partial charge in [0.1, 0.15) is 5.03 Å². The number of rotatable bonds is 6. The standard InChI is InChI=1S/C21H25N5O3S/c1-14-8-10-25(11-9-14)20(27)13-30-19-7-6-18-22-23-21(26(18)24-19)15-4-5-16(28-2)17(12-15)29-3/h4-7,12,14H,8-11,13H2,1-3H3. The second-order valence-corrected chi connectivity index (χ2v) is 8.38. The summed E-state index contributed by atoms with van der Waals surface area (Å²) in [6, 6.07) is 9.29. The minimum absolute atomic E-state index is 0.165. The van der Waals surface area contributed by atoms with Crippen molar-refractivity contribution in [3.8, 4) is 22.9 Å². The third-order valence-corrected chi connectivity index (χ3v) is 6.26. The number of aromatic nitrogens is 4. The second kappa shape index (κ2) is 8.91. The number of methoxy groups -OCH3 is 2. The molecule has 1 aliphatic heterocycles. The van der Waals surface area contributed by atoms with Crippen LogP contribution in [0.4, 0.5) is 0 Å². The predicted molar refractivity (Wildman–Crippen MR) is 115 cm³/mol. The van der Waals surface area contributed by atoms with Gasteiger partial charge in [-0.05, 0) is 49.1 Å². The molecule has 8 nitrogen and oxygen atoms in total. The molecule has 4 rings (SSSR count). The Kier molecular flexibility index (Phi) is 6.08. The van der Waals surface area contributed by atoms with E-state index in [9.17, 15) is 4.79 Å². The van der Waals surface area contributed by atoms with Crippen LogP contribution in [0.3, 0.4) is 0 Å². The van der Waals surface area contributed by atoms with Crippen LogP contribution in [0.1, 0.15) is 19.8 Å². The molecule has 0 saturated carbocycles. The van der Waals surface area contributed by atoms with Crippen LogP contribution < -0.4 is 9.47 Å². The van der Waals surface area contributed by atoms with Gasteiger partial charge in [-0.3, -0.25) is 4.79 Å². The average Bonchev–Trinajstić information content (AvgIpc) is 3.20. The number of ether oxygens (including phenoxy) is 2. The smallest absolute Gasteiger partial charge is 0.232 e. The van der Waals surface area contributed by atoms with Gasteiger partial charge in [0, 0.05) is 18.7 Å². The molecule has 1 amide bonds. The first-order chi connectivity index (χ1) is 14.6. The van der Waals surface area contributed by atoms with Gasteiger partial charge in [0.2, 0.25) is 5.91 Å². The summed E-state index contributed by atoms with van der Waals surface area (Å²) < 4.78 is 12.4. The van der Waals surface area contributed by atoms with Crippen molar-refractivity contribution in [2.45, 2.75) is 24.8 Å². The van der Waals surface area contributed by atoms with Crippen LogP contribution >= 0.6 is 11.8 Å². The van der Waals surface area contributed by atoms with Crippen LogP contribution in [0.15, 0.2) is 35.4 Å². The van der Waals surface area contributed by atoms with Gasteiger partial charge in [-0.25, -0.2) is 0 Å². The topological polar surface area (TPSA) is 81.9 Å². The number of piperidine rings is 1. The van der Waals surface area contributed by atoms with E-state index in [0.717, 1.165) is 36.5 Å². The van der Waals surface area contributed by atoms with Crippen LogP contribution in [-0.2, 0) is 4.79 Å². The second-order valence-electron chi connectivity index (χ2n) is 7.39. The van der Waals surface area contributed by atoms with Crippen molar-refractivity contribution >= 4 is 23.3 Å². The molecule has 0 bridgehead atoms. The first-order valence-electron chi connectivity index (χ1n) is 9.94. The Labute approximate surface area is 179 Å². The number of hydrogen-bond donors (Lipinski definition) is 0. The van der Waals surface area contributed by atoms with Crippen LogP contribution in [0.2, 0.25) is 0 Å². The van der Waals surface area contributed by atoms with Crippen LogP contribution in [-0.4, -0.2) is 63.7 Å². The highest BCUT2D eigenvalue weighted by Gasteiger charge is 2.20. The molecular weight excluding hydrogens is 402 g/mol. The lowest BCUT2D eigenvalue weighted by atomic mass is 9.99. The maximum absolute atomic E-state index is 12.5. The van der Waals surface area contributed by atoms with Crippen molar-refractivity contribution < 1.29 is 14.3 Å². The predicted octanol–water partition coefficient (Wildman–Crippen LogP) is 3.16. The number of nitrogens with zero attached hydrogens (tertiary/aromatic N) is 5. The summed E-state index contributed by atoms with van der Waals surface area (Å²) in [5, 5.41) is 13.9. The highest BCUT2D eigenvalue weighted by molar-refractivity contribution is 7.99. The number of likely N-dealkylation sites (tertiary alicyclic amines) is 1. The number of carbonyl (C=O) groups is 1. The van der Waals surface area contributed by atoms with Gasteiger partial charge in [0.25, 0.3) is 0 Å². The lowest BCUT2D eigenvalue weighted by molar-refractivity contribution is -0.129. The van der Waals surface area contributed by atoms with Crippen molar-refractivity contribution in [1.82, 2.24) is 24.7 Å². The van der Waals surface area contributed by atoms with Gasteiger partial charge >= 0.3 is 0 Å². The van der Waals surface area contributed by atoms with E-state index in [-0.39, 0.29) is 5.91 Å². The lowest BCUT2D eigenvalue weighted by Gasteiger charge is -2.30. The Morgan fingerprint density at radius 2 is 1.87 bits per heavy atom. The van der Waals surface area contributed by atoms with Crippen molar-refractivity contribution in [2.75, 3.05) is 33.1 Å². The third kappa shape index (κ3) is 4.21. The number of thioether (sulfide) groups is 1. The molecule has 30 heavy (non-hydrogen) atoms. The first-order valence-corrected chi connectivity index (χ1v) is 10.9. The third-order valence-electron chi connectivity index (χ3n) is 5.36. The molecule has 0 aliphatic carbocycles. The molecule has 0 radical (unpaired) electrons. The molecule has 0 spiro atoms. The van der Waals surface area contributed by atoms with E-state index in [4.69, 9.17) is 9.47 Å². The fraction of sp³-hybridized carbons (Fsp3) is 0.429. The SMILES string of the molecule is COc1ccc(-c2nnc3ccc(SCC(=O)N4CCC(C)CC4)nn23)cc1OC. The maximum atomic E-state index is 12.5. The maximum Gasteiger partial charge on any atom is 0.232 e. The molecule has 2 aromatic heterocycles. The molecule has 1 fully saturated rings. The van der Waals surface area contributed by atoms with Crippen molar-refractivity contribution in [1.29, 1.82) is 0 Å². The van der Waals surface area contributed by atoms with Gasteiger partial charge in [0.15, 0.2) is 23.0 Å². The Bertz CT molecular complexity index is 1050. The summed E-state index contributed by atoms with van der Waals surface area (Å²) in [5.41, 5.74) is 1.45. The zero-order valence-corrected chi connectivity index (χ0v) is 18.2. The van der Waals surface area contributed by atoms with Gasteiger partial charge in [-0.15, -0.1) is 10.2 Å². The zero-order chi connectivity index (χ0) is 21.1. The minimum Gasteiger partial charge on any atom is -0.493 e. The summed E-state index contributed by atoms with van der Waals surface area (Å²) >= 11 is 1.44. The fourth-order valence-electron chi connectivity index (χ4n) is 3.49. The summed E-state index contributed by atoms with van der Waals surface area (Å²) in [6.45, 7) is 3.94. The monoisotopic (exact) mass is 427 g/mol. The molecule has 1 aliphatic rings. The summed E-state index contributed by atoms with van der Waals surface area (Å²) in [4.78, 5) is 14.5. The van der Waals surface area contributed by atoms with E-state index in [1.165, 1.54) is 11.8 Å². The first kappa shape index (κ1) is 20.5. The Hall–Kier alpha value is -2.81. The summed E-state index contributed by atoms with van der Waals surface area (Å²) in [6.07, 6.45) is 2.16. The molecule has 0 atom stereocenters. The highest BCUT2D eigenvalue weighted by Crippen LogP contribution is 2.31. The summed E-state index contributed by atoms with van der Waals surface area (Å²) in [7, 11) is 3.19. The van der Waals surface area contributed by atoms with Crippen LogP contribution in [0, 0.1) is 5.92 Å². The molecule has 3 heterocycles. The zero-order valence-electron chi connectivity index (χ0n) is 17.4. The molecule has 1 saturated heterocycles. The molecule has 0 unspecified atom stereocenters. The largest absolute Gasteiger partial charge is 0.493 e. The molecule has 1 aromatic carbocycles. The van der Waals surface area contributed by atoms with Gasteiger partial charge in [-0.1, -0.05) is 18.7 Å². The number of hydrogen-bond acceptors (Lipinski definition) is 7. The van der Waals surface area contributed by atoms with Crippen LogP contribution in [0.5, 0.6) is 11.5 Å². The average molecular weight is 428 g/mol. The number of benzene rings is 1. The Balaban J connectivity index is 1.52. The van der Waals surface area contributed by atoms with E-state index in [1.54, 1.807) is 18.7 Å². The van der Waals surface area contributed by atoms with E-state index < -0.39 is 0 Å². The summed E-state index contributed by atoms with van der Waals surface area (Å²) in [5.74, 6) is 3.10. The molecular formula is C21H25N5O3S. The van der Waals surface area contributed by atoms with Gasteiger partial charge in [-0.2, -0.15) is 9.61 Å². The van der Waals surface area contributed by atoms with Gasteiger partial charge < -0.3 is 14.4 Å². The van der Waals surface area contributed by atoms with E-state index >= 15 is 0 Å². The normalized spacial score (nSPS) is 14.8. The Morgan fingerprint density at radius 1 is 1.10 bits per heavy atom. The van der Waals surface area contributed by atoms with E-state index in [2.05, 4.69) is 22.2 Å². The van der Waals surface area contributed by atoms with E-state index in [1.807, 2.05) is 35.2 Å². The van der Waals surface area contributed by atoms with Crippen molar-refractivity contribution in [3.05, 3.63) is 30.3 Å². The van der Waals surface area contributed by atoms with Crippen LogP contribution in [0.25, 0.3) is 17.0 Å². The Morgan fingerprint density at radius 3 is 2.60 bits per heavy atom. The fourth-order valence-corrected chi connectivity index (χ4v) is 4.25. The number of carbonyl (C=O) groups excluding carboxylic acids is 1. The quantitative estimate of drug-likeness (QED) is 0.559. The molecule has 0 N–H and O–H groups in total. The van der Waals surface area contributed by atoms with Gasteiger partial charge in [0.05, 0.1) is 20.0 Å². The molecule has 9 heteroatoms. The van der Waals surface area contributed by atoms with E-state index in [0.29, 0.717) is 34.6 Å². The van der Waals surface area contributed by atoms with Crippen molar-refractivity contribution in [3.63, 3.8) is 0 Å². The molecule has 3 aromatic rings. The van der Waals surface area contributed by atoms with Crippen molar-refractivity contribution in [2.24, 2.45) is 5.92 Å². The lowest BCUT2D eigenvalue weighted by Crippen LogP contribution is -2.38. The number of amides is 1. The minimum atomic E-state index is 0.165. The number of fused-ring (bicyclic) bond motifs is 1. The molecule has 158 valence electrons.